The molecule has 0 aliphatic heterocycles. The lowest BCUT2D eigenvalue weighted by molar-refractivity contribution is 1.40. The van der Waals surface area contributed by atoms with E-state index < -0.39 is 0 Å². The standard InChI is InChI=1S/C13H11N/c1-9(2)13-7-10(8-14)11-5-3-4-6-12(11)13/h3-7H,1-2H3. The van der Waals surface area contributed by atoms with Gasteiger partial charge in [-0.05, 0) is 31.1 Å². The first-order chi connectivity index (χ1) is 6.74. The second kappa shape index (κ2) is 3.16. The van der Waals surface area contributed by atoms with Gasteiger partial charge < -0.3 is 0 Å². The highest BCUT2D eigenvalue weighted by Crippen LogP contribution is 2.36. The van der Waals surface area contributed by atoms with Gasteiger partial charge in [0.05, 0.1) is 11.6 Å². The van der Waals surface area contributed by atoms with Crippen LogP contribution in [0.25, 0.3) is 11.1 Å². The highest BCUT2D eigenvalue weighted by molar-refractivity contribution is 6.00. The molecule has 0 radical (unpaired) electrons. The average molecular weight is 181 g/mol. The lowest BCUT2D eigenvalue weighted by Crippen LogP contribution is -1.82. The maximum Gasteiger partial charge on any atom is 0.0998 e. The predicted octanol–water partition coefficient (Wildman–Crippen LogP) is 3.40. The zero-order valence-corrected chi connectivity index (χ0v) is 8.33. The highest BCUT2D eigenvalue weighted by Gasteiger charge is 2.17. The van der Waals surface area contributed by atoms with Gasteiger partial charge in [0.1, 0.15) is 0 Å². The summed E-state index contributed by atoms with van der Waals surface area (Å²) >= 11 is 0. The Balaban J connectivity index is 2.73. The molecule has 0 saturated heterocycles. The number of nitrogens with zero attached hydrogens (tertiary/aromatic N) is 1. The van der Waals surface area contributed by atoms with Crippen LogP contribution in [0, 0.1) is 11.3 Å². The van der Waals surface area contributed by atoms with E-state index in [2.05, 4.69) is 26.0 Å². The molecule has 0 atom stereocenters. The minimum absolute atomic E-state index is 0.775. The maximum atomic E-state index is 8.97. The smallest absolute Gasteiger partial charge is 0.0998 e. The zero-order chi connectivity index (χ0) is 10.1. The molecular formula is C13H11N. The molecule has 0 aromatic heterocycles. The van der Waals surface area contributed by atoms with Crippen molar-refractivity contribution in [3.63, 3.8) is 0 Å². The third kappa shape index (κ3) is 1.16. The average Bonchev–Trinajstić information content (AvgIpc) is 2.56. The molecule has 0 heterocycles. The van der Waals surface area contributed by atoms with Crippen LogP contribution in [0.3, 0.4) is 0 Å². The summed E-state index contributed by atoms with van der Waals surface area (Å²) in [6, 6.07) is 10.3. The maximum absolute atomic E-state index is 8.97. The second-order valence-electron chi connectivity index (χ2n) is 3.63. The topological polar surface area (TPSA) is 23.8 Å². The lowest BCUT2D eigenvalue weighted by atomic mass is 10.0. The van der Waals surface area contributed by atoms with Crippen LogP contribution >= 0.6 is 0 Å². The Labute approximate surface area is 84.0 Å². The Kier molecular flexibility index (Phi) is 1.98. The Bertz CT molecular complexity index is 480. The molecule has 0 unspecified atom stereocenters. The molecular weight excluding hydrogens is 170 g/mol. The minimum Gasteiger partial charge on any atom is -0.192 e. The van der Waals surface area contributed by atoms with Crippen LogP contribution in [0.2, 0.25) is 0 Å². The van der Waals surface area contributed by atoms with Crippen molar-refractivity contribution in [2.45, 2.75) is 13.8 Å². The van der Waals surface area contributed by atoms with Crippen LogP contribution in [-0.2, 0) is 0 Å². The van der Waals surface area contributed by atoms with Crippen molar-refractivity contribution in [1.82, 2.24) is 0 Å². The quantitative estimate of drug-likeness (QED) is 0.601. The van der Waals surface area contributed by atoms with Crippen molar-refractivity contribution in [3.8, 4) is 6.07 Å². The fraction of sp³-hybridized carbons (Fsp3) is 0.154. The number of benzene rings is 1. The van der Waals surface area contributed by atoms with E-state index >= 15 is 0 Å². The SMILES string of the molecule is CC(C)=C1C=C(C#N)c2ccccc21. The molecule has 1 aliphatic carbocycles. The first kappa shape index (κ1) is 8.77. The van der Waals surface area contributed by atoms with E-state index in [1.54, 1.807) is 0 Å². The third-order valence-corrected chi connectivity index (χ3v) is 2.46. The van der Waals surface area contributed by atoms with Crippen LogP contribution in [0.4, 0.5) is 0 Å². The van der Waals surface area contributed by atoms with Crippen LogP contribution < -0.4 is 0 Å². The van der Waals surface area contributed by atoms with Crippen molar-refractivity contribution in [2.24, 2.45) is 0 Å². The van der Waals surface area contributed by atoms with Crippen molar-refractivity contribution in [3.05, 3.63) is 47.0 Å². The number of fused-ring (bicyclic) bond motifs is 1. The molecule has 2 rings (SSSR count). The van der Waals surface area contributed by atoms with E-state index in [1.807, 2.05) is 24.3 Å². The first-order valence-corrected chi connectivity index (χ1v) is 4.63. The van der Waals surface area contributed by atoms with E-state index in [4.69, 9.17) is 5.26 Å². The molecule has 1 heteroatoms. The van der Waals surface area contributed by atoms with Crippen LogP contribution in [-0.4, -0.2) is 0 Å². The molecule has 0 saturated carbocycles. The molecule has 0 spiro atoms. The molecule has 1 aromatic carbocycles. The van der Waals surface area contributed by atoms with E-state index in [1.165, 1.54) is 16.7 Å². The van der Waals surface area contributed by atoms with E-state index in [0.717, 1.165) is 11.1 Å². The predicted molar refractivity (Wildman–Crippen MR) is 58.3 cm³/mol. The Morgan fingerprint density at radius 1 is 1.14 bits per heavy atom. The van der Waals surface area contributed by atoms with Crippen molar-refractivity contribution >= 4 is 11.1 Å². The van der Waals surface area contributed by atoms with Gasteiger partial charge in [-0.15, -0.1) is 0 Å². The van der Waals surface area contributed by atoms with Gasteiger partial charge in [0.15, 0.2) is 0 Å². The van der Waals surface area contributed by atoms with Gasteiger partial charge in [0.25, 0.3) is 0 Å². The van der Waals surface area contributed by atoms with Gasteiger partial charge in [0.2, 0.25) is 0 Å². The summed E-state index contributed by atoms with van der Waals surface area (Å²) in [7, 11) is 0. The fourth-order valence-corrected chi connectivity index (χ4v) is 1.76. The normalized spacial score (nSPS) is 13.2. The van der Waals surface area contributed by atoms with E-state index in [9.17, 15) is 0 Å². The summed E-state index contributed by atoms with van der Waals surface area (Å²) in [5.41, 5.74) is 5.46. The second-order valence-corrected chi connectivity index (χ2v) is 3.63. The molecule has 1 aromatic rings. The summed E-state index contributed by atoms with van der Waals surface area (Å²) in [5, 5.41) is 8.97. The summed E-state index contributed by atoms with van der Waals surface area (Å²) in [6.45, 7) is 4.14. The lowest BCUT2D eigenvalue weighted by Gasteiger charge is -2.02. The van der Waals surface area contributed by atoms with Gasteiger partial charge in [-0.1, -0.05) is 29.8 Å². The molecule has 1 nitrogen and oxygen atoms in total. The number of rotatable bonds is 0. The van der Waals surface area contributed by atoms with Gasteiger partial charge in [-0.3, -0.25) is 0 Å². The van der Waals surface area contributed by atoms with Crippen LogP contribution in [0.1, 0.15) is 25.0 Å². The zero-order valence-electron chi connectivity index (χ0n) is 8.33. The van der Waals surface area contributed by atoms with Gasteiger partial charge in [-0.2, -0.15) is 5.26 Å². The summed E-state index contributed by atoms with van der Waals surface area (Å²) in [6.07, 6.45) is 1.97. The summed E-state index contributed by atoms with van der Waals surface area (Å²) in [4.78, 5) is 0. The molecule has 1 aliphatic rings. The largest absolute Gasteiger partial charge is 0.192 e. The Morgan fingerprint density at radius 3 is 2.36 bits per heavy atom. The van der Waals surface area contributed by atoms with Gasteiger partial charge in [-0.25, -0.2) is 0 Å². The molecule has 0 N–H and O–H groups in total. The highest BCUT2D eigenvalue weighted by atomic mass is 14.3. The Hall–Kier alpha value is -1.81. The van der Waals surface area contributed by atoms with Crippen LogP contribution in [0.15, 0.2) is 35.9 Å². The third-order valence-electron chi connectivity index (χ3n) is 2.46. The number of hydrogen-bond donors (Lipinski definition) is 0. The molecule has 68 valence electrons. The number of nitriles is 1. The minimum atomic E-state index is 0.775. The molecule has 0 fully saturated rings. The summed E-state index contributed by atoms with van der Waals surface area (Å²) in [5.74, 6) is 0. The number of allylic oxidation sites excluding steroid dienone is 4. The monoisotopic (exact) mass is 181 g/mol. The molecule has 0 amide bonds. The van der Waals surface area contributed by atoms with Crippen molar-refractivity contribution in [2.75, 3.05) is 0 Å². The first-order valence-electron chi connectivity index (χ1n) is 4.63. The van der Waals surface area contributed by atoms with E-state index in [0.29, 0.717) is 0 Å². The molecule has 0 bridgehead atoms. The van der Waals surface area contributed by atoms with Crippen LogP contribution in [0.5, 0.6) is 0 Å². The Morgan fingerprint density at radius 2 is 1.79 bits per heavy atom. The fourth-order valence-electron chi connectivity index (χ4n) is 1.76. The number of hydrogen-bond acceptors (Lipinski definition) is 1. The molecule has 14 heavy (non-hydrogen) atoms. The van der Waals surface area contributed by atoms with Crippen molar-refractivity contribution < 1.29 is 0 Å². The van der Waals surface area contributed by atoms with Crippen molar-refractivity contribution in [1.29, 1.82) is 5.26 Å². The van der Waals surface area contributed by atoms with Gasteiger partial charge >= 0.3 is 0 Å². The van der Waals surface area contributed by atoms with Gasteiger partial charge in [0, 0.05) is 5.56 Å². The van der Waals surface area contributed by atoms with E-state index in [-0.39, 0.29) is 0 Å². The summed E-state index contributed by atoms with van der Waals surface area (Å²) < 4.78 is 0.